The molecule has 0 aliphatic carbocycles. The van der Waals surface area contributed by atoms with Gasteiger partial charge in [-0.15, -0.1) is 0 Å². The Kier molecular flexibility index (Phi) is 1.79. The van der Waals surface area contributed by atoms with Crippen molar-refractivity contribution in [2.45, 2.75) is 19.8 Å². The third-order valence-electron chi connectivity index (χ3n) is 2.13. The number of halogens is 1. The highest BCUT2D eigenvalue weighted by Gasteiger charge is 2.19. The molecule has 0 unspecified atom stereocenters. The van der Waals surface area contributed by atoms with Crippen LogP contribution >= 0.6 is 0 Å². The van der Waals surface area contributed by atoms with Crippen molar-refractivity contribution in [3.8, 4) is 5.75 Å². The van der Waals surface area contributed by atoms with E-state index in [2.05, 4.69) is 0 Å². The summed E-state index contributed by atoms with van der Waals surface area (Å²) in [5, 5.41) is 0. The van der Waals surface area contributed by atoms with E-state index in [4.69, 9.17) is 4.74 Å². The standard InChI is InChI=1S/C10H9FO2/c1-6-4-8(11)5-7-2-3-9(12)13-10(6)7/h4-5H,2-3H2,1H3. The van der Waals surface area contributed by atoms with Crippen LogP contribution in [-0.2, 0) is 11.2 Å². The summed E-state index contributed by atoms with van der Waals surface area (Å²) >= 11 is 0. The van der Waals surface area contributed by atoms with Gasteiger partial charge in [0.05, 0.1) is 6.42 Å². The van der Waals surface area contributed by atoms with Crippen LogP contribution < -0.4 is 4.74 Å². The van der Waals surface area contributed by atoms with Crippen LogP contribution in [0.3, 0.4) is 0 Å². The summed E-state index contributed by atoms with van der Waals surface area (Å²) in [6, 6.07) is 2.80. The first kappa shape index (κ1) is 8.23. The predicted molar refractivity (Wildman–Crippen MR) is 45.1 cm³/mol. The minimum absolute atomic E-state index is 0.234. The third kappa shape index (κ3) is 1.41. The Bertz CT molecular complexity index is 371. The molecule has 0 saturated heterocycles. The summed E-state index contributed by atoms with van der Waals surface area (Å²) in [7, 11) is 0. The number of esters is 1. The van der Waals surface area contributed by atoms with Crippen LogP contribution in [0.1, 0.15) is 17.5 Å². The number of fused-ring (bicyclic) bond motifs is 1. The summed E-state index contributed by atoms with van der Waals surface area (Å²) in [5.41, 5.74) is 1.47. The average molecular weight is 180 g/mol. The predicted octanol–water partition coefficient (Wildman–Crippen LogP) is 1.99. The molecule has 1 aliphatic rings. The third-order valence-corrected chi connectivity index (χ3v) is 2.13. The normalized spacial score (nSPS) is 15.1. The van der Waals surface area contributed by atoms with E-state index in [-0.39, 0.29) is 11.8 Å². The highest BCUT2D eigenvalue weighted by atomic mass is 19.1. The Morgan fingerprint density at radius 1 is 1.38 bits per heavy atom. The van der Waals surface area contributed by atoms with Crippen molar-refractivity contribution < 1.29 is 13.9 Å². The lowest BCUT2D eigenvalue weighted by Crippen LogP contribution is -2.16. The maximum atomic E-state index is 12.9. The summed E-state index contributed by atoms with van der Waals surface area (Å²) in [6.07, 6.45) is 0.919. The Hall–Kier alpha value is -1.38. The van der Waals surface area contributed by atoms with Gasteiger partial charge >= 0.3 is 5.97 Å². The lowest BCUT2D eigenvalue weighted by molar-refractivity contribution is -0.135. The molecule has 0 saturated carbocycles. The maximum absolute atomic E-state index is 12.9. The molecule has 3 heteroatoms. The smallest absolute Gasteiger partial charge is 0.311 e. The number of rotatable bonds is 0. The first-order valence-corrected chi connectivity index (χ1v) is 4.16. The van der Waals surface area contributed by atoms with Gasteiger partial charge in [0, 0.05) is 0 Å². The molecule has 1 aromatic carbocycles. The van der Waals surface area contributed by atoms with E-state index >= 15 is 0 Å². The van der Waals surface area contributed by atoms with Crippen molar-refractivity contribution in [3.05, 3.63) is 29.1 Å². The first-order chi connectivity index (χ1) is 6.16. The van der Waals surface area contributed by atoms with Crippen molar-refractivity contribution in [2.24, 2.45) is 0 Å². The number of aryl methyl sites for hydroxylation is 2. The van der Waals surface area contributed by atoms with Crippen LogP contribution in [0.15, 0.2) is 12.1 Å². The zero-order valence-electron chi connectivity index (χ0n) is 7.26. The van der Waals surface area contributed by atoms with Crippen LogP contribution in [0.2, 0.25) is 0 Å². The molecular weight excluding hydrogens is 171 g/mol. The summed E-state index contributed by atoms with van der Waals surface area (Å²) < 4.78 is 17.9. The molecule has 0 radical (unpaired) electrons. The molecule has 0 bridgehead atoms. The molecule has 2 rings (SSSR count). The monoisotopic (exact) mass is 180 g/mol. The fraction of sp³-hybridized carbons (Fsp3) is 0.300. The van der Waals surface area contributed by atoms with Crippen LogP contribution in [0, 0.1) is 12.7 Å². The highest BCUT2D eigenvalue weighted by Crippen LogP contribution is 2.29. The summed E-state index contributed by atoms with van der Waals surface area (Å²) in [4.78, 5) is 10.9. The van der Waals surface area contributed by atoms with E-state index in [0.29, 0.717) is 24.2 Å². The zero-order chi connectivity index (χ0) is 9.42. The minimum atomic E-state index is -0.269. The number of hydrogen-bond donors (Lipinski definition) is 0. The van der Waals surface area contributed by atoms with E-state index in [1.54, 1.807) is 6.92 Å². The Morgan fingerprint density at radius 3 is 2.92 bits per heavy atom. The largest absolute Gasteiger partial charge is 0.426 e. The van der Waals surface area contributed by atoms with E-state index in [1.807, 2.05) is 0 Å². The van der Waals surface area contributed by atoms with Gasteiger partial charge in [0.25, 0.3) is 0 Å². The molecule has 68 valence electrons. The van der Waals surface area contributed by atoms with Crippen molar-refractivity contribution in [1.82, 2.24) is 0 Å². The second kappa shape index (κ2) is 2.83. The van der Waals surface area contributed by atoms with Gasteiger partial charge in [0.2, 0.25) is 0 Å². The summed E-state index contributed by atoms with van der Waals surface area (Å²) in [6.45, 7) is 1.74. The molecule has 0 atom stereocenters. The fourth-order valence-corrected chi connectivity index (χ4v) is 1.53. The average Bonchev–Trinajstić information content (AvgIpc) is 2.06. The quantitative estimate of drug-likeness (QED) is 0.450. The molecule has 13 heavy (non-hydrogen) atoms. The zero-order valence-corrected chi connectivity index (χ0v) is 7.26. The van der Waals surface area contributed by atoms with Gasteiger partial charge in [-0.3, -0.25) is 4.79 Å². The molecule has 0 fully saturated rings. The number of ether oxygens (including phenoxy) is 1. The Labute approximate surface area is 75.3 Å². The lowest BCUT2D eigenvalue weighted by atomic mass is 10.0. The maximum Gasteiger partial charge on any atom is 0.311 e. The molecule has 0 spiro atoms. The topological polar surface area (TPSA) is 26.3 Å². The van der Waals surface area contributed by atoms with Crippen LogP contribution in [0.25, 0.3) is 0 Å². The van der Waals surface area contributed by atoms with E-state index in [9.17, 15) is 9.18 Å². The van der Waals surface area contributed by atoms with E-state index in [1.165, 1.54) is 12.1 Å². The van der Waals surface area contributed by atoms with Gasteiger partial charge in [-0.1, -0.05) is 0 Å². The SMILES string of the molecule is Cc1cc(F)cc2c1OC(=O)CC2. The highest BCUT2D eigenvalue weighted by molar-refractivity contribution is 5.75. The molecule has 1 heterocycles. The number of hydrogen-bond acceptors (Lipinski definition) is 2. The summed E-state index contributed by atoms with van der Waals surface area (Å²) in [5.74, 6) is 0.0362. The molecular formula is C10H9FO2. The Balaban J connectivity index is 2.53. The van der Waals surface area contributed by atoms with Crippen molar-refractivity contribution in [1.29, 1.82) is 0 Å². The van der Waals surface area contributed by atoms with Gasteiger partial charge in [0.1, 0.15) is 11.6 Å². The number of carbonyl (C=O) groups excluding carboxylic acids is 1. The number of carbonyl (C=O) groups is 1. The second-order valence-electron chi connectivity index (χ2n) is 3.19. The van der Waals surface area contributed by atoms with Crippen molar-refractivity contribution >= 4 is 5.97 Å². The van der Waals surface area contributed by atoms with Crippen LogP contribution in [0.4, 0.5) is 4.39 Å². The van der Waals surface area contributed by atoms with E-state index < -0.39 is 0 Å². The van der Waals surface area contributed by atoms with Crippen molar-refractivity contribution in [3.63, 3.8) is 0 Å². The van der Waals surface area contributed by atoms with Crippen LogP contribution in [0.5, 0.6) is 5.75 Å². The fourth-order valence-electron chi connectivity index (χ4n) is 1.53. The van der Waals surface area contributed by atoms with Gasteiger partial charge in [0.15, 0.2) is 0 Å². The lowest BCUT2D eigenvalue weighted by Gasteiger charge is -2.17. The number of benzene rings is 1. The second-order valence-corrected chi connectivity index (χ2v) is 3.19. The van der Waals surface area contributed by atoms with E-state index in [0.717, 1.165) is 5.56 Å². The van der Waals surface area contributed by atoms with Gasteiger partial charge in [-0.05, 0) is 36.6 Å². The molecule has 0 N–H and O–H groups in total. The molecule has 2 nitrogen and oxygen atoms in total. The molecule has 1 aromatic rings. The van der Waals surface area contributed by atoms with Gasteiger partial charge in [-0.25, -0.2) is 4.39 Å². The molecule has 0 amide bonds. The molecule has 1 aliphatic heterocycles. The first-order valence-electron chi connectivity index (χ1n) is 4.16. The van der Waals surface area contributed by atoms with Crippen molar-refractivity contribution in [2.75, 3.05) is 0 Å². The van der Waals surface area contributed by atoms with Crippen LogP contribution in [-0.4, -0.2) is 5.97 Å². The molecule has 0 aromatic heterocycles. The van der Waals surface area contributed by atoms with Gasteiger partial charge in [-0.2, -0.15) is 0 Å². The minimum Gasteiger partial charge on any atom is -0.426 e. The van der Waals surface area contributed by atoms with Gasteiger partial charge < -0.3 is 4.74 Å². The Morgan fingerprint density at radius 2 is 2.15 bits per heavy atom.